The van der Waals surface area contributed by atoms with Crippen molar-refractivity contribution in [2.75, 3.05) is 13.1 Å². The highest BCUT2D eigenvalue weighted by Crippen LogP contribution is 2.24. The molecule has 2 fully saturated rings. The van der Waals surface area contributed by atoms with Gasteiger partial charge in [0.15, 0.2) is 5.03 Å². The fourth-order valence-electron chi connectivity index (χ4n) is 3.60. The molecule has 1 atom stereocenters. The van der Waals surface area contributed by atoms with Crippen molar-refractivity contribution in [2.45, 2.75) is 56.0 Å². The third-order valence-corrected chi connectivity index (χ3v) is 6.74. The zero-order valence-corrected chi connectivity index (χ0v) is 15.0. The lowest BCUT2D eigenvalue weighted by molar-refractivity contribution is -0.127. The molecule has 3 rings (SSSR count). The van der Waals surface area contributed by atoms with E-state index in [1.54, 1.807) is 11.6 Å². The minimum Gasteiger partial charge on any atom is -0.353 e. The summed E-state index contributed by atoms with van der Waals surface area (Å²) in [5.41, 5.74) is 0. The highest BCUT2D eigenvalue weighted by atomic mass is 32.2. The van der Waals surface area contributed by atoms with Crippen molar-refractivity contribution >= 4 is 15.9 Å². The Morgan fingerprint density at radius 1 is 1.21 bits per heavy atom. The minimum absolute atomic E-state index is 0.00261. The van der Waals surface area contributed by atoms with Gasteiger partial charge >= 0.3 is 0 Å². The number of amides is 1. The summed E-state index contributed by atoms with van der Waals surface area (Å²) in [4.78, 5) is 16.5. The molecule has 2 aliphatic rings. The number of nitrogens with zero attached hydrogens (tertiary/aromatic N) is 3. The molecule has 0 spiro atoms. The average Bonchev–Trinajstić information content (AvgIpc) is 3.03. The van der Waals surface area contributed by atoms with E-state index in [1.165, 1.54) is 23.3 Å². The van der Waals surface area contributed by atoms with Gasteiger partial charge in [0, 0.05) is 32.4 Å². The molecule has 8 heteroatoms. The number of hydrogen-bond acceptors (Lipinski definition) is 4. The maximum Gasteiger partial charge on any atom is 0.262 e. The topological polar surface area (TPSA) is 84.3 Å². The van der Waals surface area contributed by atoms with Crippen LogP contribution in [-0.4, -0.2) is 47.3 Å². The Balaban J connectivity index is 1.64. The smallest absolute Gasteiger partial charge is 0.262 e. The first-order chi connectivity index (χ1) is 11.5. The van der Waals surface area contributed by atoms with E-state index in [9.17, 15) is 13.2 Å². The van der Waals surface area contributed by atoms with Crippen molar-refractivity contribution in [1.29, 1.82) is 0 Å². The van der Waals surface area contributed by atoms with Gasteiger partial charge in [-0.3, -0.25) is 4.79 Å². The lowest BCUT2D eigenvalue weighted by atomic mass is 9.93. The van der Waals surface area contributed by atoms with Gasteiger partial charge in [-0.05, 0) is 25.7 Å². The Labute approximate surface area is 143 Å². The molecule has 1 saturated heterocycles. The van der Waals surface area contributed by atoms with E-state index in [0.717, 1.165) is 32.1 Å². The highest BCUT2D eigenvalue weighted by Gasteiger charge is 2.35. The predicted octanol–water partition coefficient (Wildman–Crippen LogP) is 1.27. The quantitative estimate of drug-likeness (QED) is 0.882. The number of piperidine rings is 1. The molecule has 24 heavy (non-hydrogen) atoms. The first kappa shape index (κ1) is 17.4. The number of carbonyl (C=O) groups is 1. The van der Waals surface area contributed by atoms with Gasteiger partial charge in [-0.1, -0.05) is 19.3 Å². The molecule has 1 amide bonds. The second-order valence-corrected chi connectivity index (χ2v) is 8.81. The zero-order valence-electron chi connectivity index (χ0n) is 14.1. The summed E-state index contributed by atoms with van der Waals surface area (Å²) in [5, 5.41) is 3.18. The van der Waals surface area contributed by atoms with E-state index in [1.807, 2.05) is 0 Å². The van der Waals surface area contributed by atoms with Crippen molar-refractivity contribution < 1.29 is 13.2 Å². The molecule has 1 N–H and O–H groups in total. The van der Waals surface area contributed by atoms with Crippen LogP contribution in [0.2, 0.25) is 0 Å². The van der Waals surface area contributed by atoms with Gasteiger partial charge in [-0.15, -0.1) is 0 Å². The van der Waals surface area contributed by atoms with Crippen molar-refractivity contribution in [2.24, 2.45) is 13.0 Å². The van der Waals surface area contributed by atoms with Crippen molar-refractivity contribution in [3.8, 4) is 0 Å². The van der Waals surface area contributed by atoms with Gasteiger partial charge in [-0.2, -0.15) is 4.31 Å². The number of hydrogen-bond donors (Lipinski definition) is 1. The Hall–Kier alpha value is -1.41. The lowest BCUT2D eigenvalue weighted by Crippen LogP contribution is -2.47. The third-order valence-electron chi connectivity index (χ3n) is 4.99. The van der Waals surface area contributed by atoms with Gasteiger partial charge in [0.1, 0.15) is 0 Å². The van der Waals surface area contributed by atoms with E-state index >= 15 is 0 Å². The zero-order chi connectivity index (χ0) is 17.2. The van der Waals surface area contributed by atoms with Crippen LogP contribution in [0.15, 0.2) is 17.6 Å². The van der Waals surface area contributed by atoms with E-state index in [0.29, 0.717) is 13.0 Å². The molecule has 1 saturated carbocycles. The summed E-state index contributed by atoms with van der Waals surface area (Å²) in [6.45, 7) is 0.698. The third kappa shape index (κ3) is 3.80. The van der Waals surface area contributed by atoms with Gasteiger partial charge in [0.05, 0.1) is 12.2 Å². The van der Waals surface area contributed by atoms with E-state index in [2.05, 4.69) is 10.3 Å². The average molecular weight is 354 g/mol. The van der Waals surface area contributed by atoms with Crippen LogP contribution in [-0.2, 0) is 21.9 Å². The standard InChI is InChI=1S/C16H26N4O3S/c1-19-11-15(17-12-19)24(22,23)20-9-5-6-13(10-20)16(21)18-14-7-3-2-4-8-14/h11-14H,2-10H2,1H3,(H,18,21)/t13-/m1/s1. The van der Waals surface area contributed by atoms with Crippen LogP contribution in [0.1, 0.15) is 44.9 Å². The largest absolute Gasteiger partial charge is 0.353 e. The predicted molar refractivity (Wildman–Crippen MR) is 89.7 cm³/mol. The van der Waals surface area contributed by atoms with Gasteiger partial charge < -0.3 is 9.88 Å². The number of rotatable bonds is 4. The van der Waals surface area contributed by atoms with E-state index in [4.69, 9.17) is 0 Å². The molecule has 1 aliphatic carbocycles. The molecule has 0 bridgehead atoms. The molecule has 0 unspecified atom stereocenters. The number of aromatic nitrogens is 2. The molecular weight excluding hydrogens is 328 g/mol. The number of aryl methyl sites for hydroxylation is 1. The second kappa shape index (κ2) is 7.23. The number of carbonyl (C=O) groups excluding carboxylic acids is 1. The summed E-state index contributed by atoms with van der Waals surface area (Å²) < 4.78 is 28.4. The van der Waals surface area contributed by atoms with E-state index < -0.39 is 10.0 Å². The van der Waals surface area contributed by atoms with E-state index in [-0.39, 0.29) is 29.4 Å². The molecule has 7 nitrogen and oxygen atoms in total. The van der Waals surface area contributed by atoms with Crippen LogP contribution in [0, 0.1) is 5.92 Å². The molecule has 134 valence electrons. The first-order valence-corrected chi connectivity index (χ1v) is 10.2. The summed E-state index contributed by atoms with van der Waals surface area (Å²) in [6.07, 6.45) is 10.1. The molecule has 1 aliphatic heterocycles. The number of nitrogens with one attached hydrogen (secondary N) is 1. The summed E-state index contributed by atoms with van der Waals surface area (Å²) >= 11 is 0. The van der Waals surface area contributed by atoms with Crippen LogP contribution >= 0.6 is 0 Å². The SMILES string of the molecule is Cn1cnc(S(=O)(=O)N2CCC[C@@H](C(=O)NC3CCCCC3)C2)c1. The molecule has 1 aromatic rings. The van der Waals surface area contributed by atoms with Crippen LogP contribution in [0.5, 0.6) is 0 Å². The lowest BCUT2D eigenvalue weighted by Gasteiger charge is -2.32. The Bertz CT molecular complexity index is 679. The van der Waals surface area contributed by atoms with Crippen LogP contribution < -0.4 is 5.32 Å². The molecule has 0 aromatic carbocycles. The van der Waals surface area contributed by atoms with Gasteiger partial charge in [-0.25, -0.2) is 13.4 Å². The highest BCUT2D eigenvalue weighted by molar-refractivity contribution is 7.89. The Morgan fingerprint density at radius 2 is 1.96 bits per heavy atom. The van der Waals surface area contributed by atoms with Crippen LogP contribution in [0.3, 0.4) is 0 Å². The fourth-order valence-corrected chi connectivity index (χ4v) is 5.09. The summed E-state index contributed by atoms with van der Waals surface area (Å²) in [5.74, 6) is -0.262. The summed E-state index contributed by atoms with van der Waals surface area (Å²) in [6, 6.07) is 0.258. The van der Waals surface area contributed by atoms with Crippen molar-refractivity contribution in [3.63, 3.8) is 0 Å². The van der Waals surface area contributed by atoms with Crippen LogP contribution in [0.4, 0.5) is 0 Å². The minimum atomic E-state index is -3.62. The molecule has 1 aromatic heterocycles. The first-order valence-electron chi connectivity index (χ1n) is 8.75. The molecular formula is C16H26N4O3S. The monoisotopic (exact) mass is 354 g/mol. The van der Waals surface area contributed by atoms with Gasteiger partial charge in [0.25, 0.3) is 10.0 Å². The Morgan fingerprint density at radius 3 is 2.62 bits per heavy atom. The van der Waals surface area contributed by atoms with Crippen molar-refractivity contribution in [3.05, 3.63) is 12.5 Å². The van der Waals surface area contributed by atoms with Crippen LogP contribution in [0.25, 0.3) is 0 Å². The second-order valence-electron chi connectivity index (χ2n) is 6.92. The Kier molecular flexibility index (Phi) is 5.24. The maximum atomic E-state index is 12.7. The number of imidazole rings is 1. The molecule has 0 radical (unpaired) electrons. The molecule has 2 heterocycles. The van der Waals surface area contributed by atoms with Crippen molar-refractivity contribution in [1.82, 2.24) is 19.2 Å². The fraction of sp³-hybridized carbons (Fsp3) is 0.750. The normalized spacial score (nSPS) is 24.0. The number of sulfonamides is 1. The summed E-state index contributed by atoms with van der Waals surface area (Å²) in [7, 11) is -1.88. The maximum absolute atomic E-state index is 12.7. The van der Waals surface area contributed by atoms with Gasteiger partial charge in [0.2, 0.25) is 5.91 Å².